The number of nitrogens with zero attached hydrogens (tertiary/aromatic N) is 3. The molecule has 0 radical (unpaired) electrons. The predicted octanol–water partition coefficient (Wildman–Crippen LogP) is 0.0671. The molecule has 7 nitrogen and oxygen atoms in total. The first-order valence-corrected chi connectivity index (χ1v) is 6.99. The van der Waals surface area contributed by atoms with Crippen molar-refractivity contribution in [1.29, 1.82) is 0 Å². The number of urea groups is 1. The summed E-state index contributed by atoms with van der Waals surface area (Å²) in [5.41, 5.74) is 0. The standard InChI is InChI=1S/C13H21N3O4/c1-14(9-11(17)15-5-2-3-6-15)13(20)16-7-4-10(8-16)12(18)19/h10H,2-9H2,1H3,(H,18,19). The molecular weight excluding hydrogens is 262 g/mol. The fourth-order valence-electron chi connectivity index (χ4n) is 2.71. The van der Waals surface area contributed by atoms with Gasteiger partial charge in [-0.2, -0.15) is 0 Å². The summed E-state index contributed by atoms with van der Waals surface area (Å²) in [6.45, 7) is 2.28. The zero-order valence-electron chi connectivity index (χ0n) is 11.7. The van der Waals surface area contributed by atoms with Crippen LogP contribution in [0.4, 0.5) is 4.79 Å². The molecule has 0 aromatic rings. The Bertz CT molecular complexity index is 406. The van der Waals surface area contributed by atoms with Gasteiger partial charge < -0.3 is 19.8 Å². The fraction of sp³-hybridized carbons (Fsp3) is 0.769. The second kappa shape index (κ2) is 6.11. The topological polar surface area (TPSA) is 81.2 Å². The van der Waals surface area contributed by atoms with Gasteiger partial charge in [-0.3, -0.25) is 9.59 Å². The monoisotopic (exact) mass is 283 g/mol. The minimum absolute atomic E-state index is 0.0349. The third-order valence-electron chi connectivity index (χ3n) is 3.97. The number of likely N-dealkylation sites (N-methyl/N-ethyl adjacent to an activating group) is 1. The molecule has 2 saturated heterocycles. The normalized spacial score (nSPS) is 22.1. The van der Waals surface area contributed by atoms with E-state index >= 15 is 0 Å². The van der Waals surface area contributed by atoms with E-state index in [0.717, 1.165) is 25.9 Å². The lowest BCUT2D eigenvalue weighted by Gasteiger charge is -2.26. The summed E-state index contributed by atoms with van der Waals surface area (Å²) in [5, 5.41) is 8.93. The molecule has 0 bridgehead atoms. The van der Waals surface area contributed by atoms with Gasteiger partial charge in [-0.15, -0.1) is 0 Å². The van der Waals surface area contributed by atoms with E-state index in [2.05, 4.69) is 0 Å². The van der Waals surface area contributed by atoms with Gasteiger partial charge in [0.2, 0.25) is 5.91 Å². The van der Waals surface area contributed by atoms with Crippen LogP contribution < -0.4 is 0 Å². The Kier molecular flexibility index (Phi) is 4.46. The number of hydrogen-bond donors (Lipinski definition) is 1. The van der Waals surface area contributed by atoms with Gasteiger partial charge in [0.25, 0.3) is 0 Å². The van der Waals surface area contributed by atoms with Crippen LogP contribution in [0.15, 0.2) is 0 Å². The van der Waals surface area contributed by atoms with Crippen LogP contribution in [0.2, 0.25) is 0 Å². The second-order valence-electron chi connectivity index (χ2n) is 5.50. The van der Waals surface area contributed by atoms with Crippen molar-refractivity contribution in [2.24, 2.45) is 5.92 Å². The van der Waals surface area contributed by atoms with E-state index in [1.54, 1.807) is 11.9 Å². The smallest absolute Gasteiger partial charge is 0.320 e. The number of amides is 3. The molecule has 0 saturated carbocycles. The van der Waals surface area contributed by atoms with Gasteiger partial charge in [0.05, 0.1) is 5.92 Å². The van der Waals surface area contributed by atoms with Crippen molar-refractivity contribution < 1.29 is 19.5 Å². The molecule has 2 rings (SSSR count). The predicted molar refractivity (Wildman–Crippen MR) is 71.2 cm³/mol. The summed E-state index contributed by atoms with van der Waals surface area (Å²) >= 11 is 0. The highest BCUT2D eigenvalue weighted by Gasteiger charge is 2.33. The van der Waals surface area contributed by atoms with Gasteiger partial charge in [0, 0.05) is 33.2 Å². The maximum absolute atomic E-state index is 12.2. The Morgan fingerprint density at radius 1 is 1.15 bits per heavy atom. The van der Waals surface area contributed by atoms with Crippen LogP contribution in [0.5, 0.6) is 0 Å². The van der Waals surface area contributed by atoms with Gasteiger partial charge in [-0.1, -0.05) is 0 Å². The first-order valence-electron chi connectivity index (χ1n) is 6.99. The number of carboxylic acids is 1. The average Bonchev–Trinajstić information content (AvgIpc) is 3.08. The maximum atomic E-state index is 12.2. The Hall–Kier alpha value is -1.79. The summed E-state index contributed by atoms with van der Waals surface area (Å²) in [5.74, 6) is -1.38. The maximum Gasteiger partial charge on any atom is 0.320 e. The van der Waals surface area contributed by atoms with Crippen molar-refractivity contribution in [1.82, 2.24) is 14.7 Å². The average molecular weight is 283 g/mol. The van der Waals surface area contributed by atoms with Gasteiger partial charge in [0.15, 0.2) is 0 Å². The third-order valence-corrected chi connectivity index (χ3v) is 3.97. The van der Waals surface area contributed by atoms with E-state index in [0.29, 0.717) is 13.0 Å². The molecule has 3 amide bonds. The molecule has 0 spiro atoms. The lowest BCUT2D eigenvalue weighted by molar-refractivity contribution is -0.141. The Balaban J connectivity index is 1.83. The van der Waals surface area contributed by atoms with Crippen LogP contribution >= 0.6 is 0 Å². The lowest BCUT2D eigenvalue weighted by Crippen LogP contribution is -2.45. The Morgan fingerprint density at radius 3 is 2.35 bits per heavy atom. The molecule has 112 valence electrons. The first-order chi connectivity index (χ1) is 9.49. The summed E-state index contributed by atoms with van der Waals surface area (Å²) in [4.78, 5) is 39.7. The largest absolute Gasteiger partial charge is 0.481 e. The molecule has 7 heteroatoms. The lowest BCUT2D eigenvalue weighted by atomic mass is 10.1. The molecule has 2 heterocycles. The second-order valence-corrected chi connectivity index (χ2v) is 5.50. The number of aliphatic carboxylic acids is 1. The zero-order chi connectivity index (χ0) is 14.7. The van der Waals surface area contributed by atoms with E-state index in [1.807, 2.05) is 0 Å². The Labute approximate surface area is 118 Å². The molecule has 2 aliphatic rings. The molecule has 20 heavy (non-hydrogen) atoms. The number of rotatable bonds is 3. The number of hydrogen-bond acceptors (Lipinski definition) is 3. The highest BCUT2D eigenvalue weighted by atomic mass is 16.4. The SMILES string of the molecule is CN(CC(=O)N1CCCC1)C(=O)N1CCC(C(=O)O)C1. The summed E-state index contributed by atoms with van der Waals surface area (Å²) in [6.07, 6.45) is 2.53. The molecule has 0 aliphatic carbocycles. The van der Waals surface area contributed by atoms with E-state index in [-0.39, 0.29) is 25.0 Å². The van der Waals surface area contributed by atoms with Crippen LogP contribution in [-0.4, -0.2) is 77.5 Å². The fourth-order valence-corrected chi connectivity index (χ4v) is 2.71. The molecular formula is C13H21N3O4. The summed E-state index contributed by atoms with van der Waals surface area (Å²) in [7, 11) is 1.59. The molecule has 2 fully saturated rings. The third kappa shape index (κ3) is 3.20. The quantitative estimate of drug-likeness (QED) is 0.794. The van der Waals surface area contributed by atoms with Gasteiger partial charge >= 0.3 is 12.0 Å². The van der Waals surface area contributed by atoms with E-state index in [1.165, 1.54) is 9.80 Å². The number of carbonyl (C=O) groups excluding carboxylic acids is 2. The molecule has 1 unspecified atom stereocenters. The highest BCUT2D eigenvalue weighted by molar-refractivity contribution is 5.84. The van der Waals surface area contributed by atoms with Crippen molar-refractivity contribution in [2.75, 3.05) is 39.8 Å². The summed E-state index contributed by atoms with van der Waals surface area (Å²) in [6, 6.07) is -0.263. The number of likely N-dealkylation sites (tertiary alicyclic amines) is 2. The minimum atomic E-state index is -0.865. The molecule has 1 N–H and O–H groups in total. The van der Waals surface area contributed by atoms with E-state index in [4.69, 9.17) is 5.11 Å². The molecule has 1 atom stereocenters. The molecule has 0 aromatic carbocycles. The van der Waals surface area contributed by atoms with Gasteiger partial charge in [-0.25, -0.2) is 4.79 Å². The van der Waals surface area contributed by atoms with Crippen molar-refractivity contribution in [3.05, 3.63) is 0 Å². The van der Waals surface area contributed by atoms with Gasteiger partial charge in [-0.05, 0) is 19.3 Å². The van der Waals surface area contributed by atoms with Crippen LogP contribution in [0.1, 0.15) is 19.3 Å². The zero-order valence-corrected chi connectivity index (χ0v) is 11.7. The van der Waals surface area contributed by atoms with Crippen molar-refractivity contribution in [3.8, 4) is 0 Å². The minimum Gasteiger partial charge on any atom is -0.481 e. The van der Waals surface area contributed by atoms with E-state index < -0.39 is 11.9 Å². The summed E-state index contributed by atoms with van der Waals surface area (Å²) < 4.78 is 0. The van der Waals surface area contributed by atoms with Crippen LogP contribution in [-0.2, 0) is 9.59 Å². The number of carbonyl (C=O) groups is 3. The van der Waals surface area contributed by atoms with Gasteiger partial charge in [0.1, 0.15) is 6.54 Å². The highest BCUT2D eigenvalue weighted by Crippen LogP contribution is 2.17. The Morgan fingerprint density at radius 2 is 1.80 bits per heavy atom. The molecule has 0 aromatic heterocycles. The van der Waals surface area contributed by atoms with E-state index in [9.17, 15) is 14.4 Å². The van der Waals surface area contributed by atoms with Crippen molar-refractivity contribution in [3.63, 3.8) is 0 Å². The van der Waals surface area contributed by atoms with Crippen LogP contribution in [0.25, 0.3) is 0 Å². The number of carboxylic acid groups (broad SMARTS) is 1. The molecule has 2 aliphatic heterocycles. The van der Waals surface area contributed by atoms with Crippen LogP contribution in [0.3, 0.4) is 0 Å². The van der Waals surface area contributed by atoms with Crippen LogP contribution in [0, 0.1) is 5.92 Å². The first kappa shape index (κ1) is 14.6. The van der Waals surface area contributed by atoms with Crippen molar-refractivity contribution >= 4 is 17.9 Å². The van der Waals surface area contributed by atoms with Crippen molar-refractivity contribution in [2.45, 2.75) is 19.3 Å².